The first-order valence-corrected chi connectivity index (χ1v) is 11.3. The predicted molar refractivity (Wildman–Crippen MR) is 112 cm³/mol. The fourth-order valence-corrected chi connectivity index (χ4v) is 5.66. The van der Waals surface area contributed by atoms with Crippen molar-refractivity contribution in [2.24, 2.45) is 0 Å². The third-order valence-corrected chi connectivity index (χ3v) is 7.50. The van der Waals surface area contributed by atoms with Crippen LogP contribution in [0, 0.1) is 0 Å². The zero-order valence-corrected chi connectivity index (χ0v) is 19.8. The van der Waals surface area contributed by atoms with Gasteiger partial charge in [-0.1, -0.05) is 43.0 Å². The Morgan fingerprint density at radius 3 is 2.50 bits per heavy atom. The average Bonchev–Trinajstić information content (AvgIpc) is 2.99. The summed E-state index contributed by atoms with van der Waals surface area (Å²) in [6.07, 6.45) is 3.59. The van der Waals surface area contributed by atoms with Gasteiger partial charge in [0.2, 0.25) is 15.7 Å². The lowest BCUT2D eigenvalue weighted by Crippen LogP contribution is -3.00. The SMILES string of the molecule is C=CC[N+](CC=C)=C1SCC(O)(c2ccc(Cl)c(S(=O)(=O)NC)c2)N1CC.[Br-]. The molecule has 0 bridgehead atoms. The van der Waals surface area contributed by atoms with Gasteiger partial charge >= 0.3 is 5.17 Å². The number of nitrogens with one attached hydrogen (secondary N) is 1. The van der Waals surface area contributed by atoms with Gasteiger partial charge in [-0.05, 0) is 37.9 Å². The lowest BCUT2D eigenvalue weighted by Gasteiger charge is -2.29. The highest BCUT2D eigenvalue weighted by Gasteiger charge is 2.51. The van der Waals surface area contributed by atoms with E-state index in [0.29, 0.717) is 31.0 Å². The Labute approximate surface area is 186 Å². The summed E-state index contributed by atoms with van der Waals surface area (Å²) in [4.78, 5) is 1.81. The molecule has 28 heavy (non-hydrogen) atoms. The summed E-state index contributed by atoms with van der Waals surface area (Å²) >= 11 is 7.60. The Bertz CT molecular complexity index is 865. The Morgan fingerprint density at radius 2 is 2.00 bits per heavy atom. The third kappa shape index (κ3) is 4.83. The van der Waals surface area contributed by atoms with Crippen LogP contribution >= 0.6 is 23.4 Å². The normalized spacial score (nSPS) is 19.3. The molecule has 1 fully saturated rings. The van der Waals surface area contributed by atoms with Gasteiger partial charge in [-0.15, -0.1) is 0 Å². The molecular formula is C18H25BrClN3O3S2. The highest BCUT2D eigenvalue weighted by atomic mass is 79.9. The maximum Gasteiger partial charge on any atom is 0.311 e. The standard InChI is InChI=1S/C18H25ClN3O3S2.BrH/c1-5-10-21(11-6-2)17-22(7-3)18(23,13-26-17)14-8-9-15(19)16(12-14)27(24,25)20-4;/h5-6,8-9,12,20,23H,1-2,7,10-11,13H2,3-4H3;1H/q+1;/p-1. The Balaban J connectivity index is 0.00000392. The lowest BCUT2D eigenvalue weighted by molar-refractivity contribution is -0.510. The van der Waals surface area contributed by atoms with Gasteiger partial charge in [0.15, 0.2) is 0 Å². The number of thioether (sulfide) groups is 1. The molecule has 1 aliphatic rings. The fraction of sp³-hybridized carbons (Fsp3) is 0.389. The Kier molecular flexibility index (Phi) is 9.24. The van der Waals surface area contributed by atoms with E-state index in [1.165, 1.54) is 30.9 Å². The molecule has 1 unspecified atom stereocenters. The largest absolute Gasteiger partial charge is 1.00 e. The molecule has 1 aromatic carbocycles. The van der Waals surface area contributed by atoms with Gasteiger partial charge in [0.1, 0.15) is 18.0 Å². The smallest absolute Gasteiger partial charge is 0.311 e. The van der Waals surface area contributed by atoms with Gasteiger partial charge in [0, 0.05) is 5.56 Å². The van der Waals surface area contributed by atoms with E-state index in [9.17, 15) is 13.5 Å². The van der Waals surface area contributed by atoms with Crippen molar-refractivity contribution in [1.29, 1.82) is 0 Å². The topological polar surface area (TPSA) is 72.6 Å². The Hall–Kier alpha value is -0.840. The molecular weight excluding hydrogens is 486 g/mol. The van der Waals surface area contributed by atoms with Gasteiger partial charge in [0.25, 0.3) is 0 Å². The maximum absolute atomic E-state index is 12.3. The van der Waals surface area contributed by atoms with E-state index in [-0.39, 0.29) is 26.9 Å². The minimum atomic E-state index is -3.74. The van der Waals surface area contributed by atoms with E-state index in [1.54, 1.807) is 18.2 Å². The highest BCUT2D eigenvalue weighted by molar-refractivity contribution is 8.13. The average molecular weight is 511 g/mol. The minimum Gasteiger partial charge on any atom is -1.00 e. The van der Waals surface area contributed by atoms with Crippen molar-refractivity contribution < 1.29 is 35.1 Å². The second-order valence-corrected chi connectivity index (χ2v) is 9.17. The van der Waals surface area contributed by atoms with E-state index < -0.39 is 15.7 Å². The number of nitrogens with zero attached hydrogens (tertiary/aromatic N) is 2. The summed E-state index contributed by atoms with van der Waals surface area (Å²) in [6, 6.07) is 4.60. The van der Waals surface area contributed by atoms with Crippen molar-refractivity contribution in [2.45, 2.75) is 17.5 Å². The van der Waals surface area contributed by atoms with Gasteiger partial charge in [0.05, 0.1) is 17.3 Å². The van der Waals surface area contributed by atoms with Crippen molar-refractivity contribution in [2.75, 3.05) is 32.4 Å². The minimum absolute atomic E-state index is 0. The van der Waals surface area contributed by atoms with Crippen LogP contribution in [0.4, 0.5) is 0 Å². The molecule has 1 aliphatic heterocycles. The first kappa shape index (κ1) is 25.2. The van der Waals surface area contributed by atoms with E-state index in [0.717, 1.165) is 5.17 Å². The summed E-state index contributed by atoms with van der Waals surface area (Å²) < 4.78 is 28.8. The molecule has 156 valence electrons. The molecule has 0 aliphatic carbocycles. The van der Waals surface area contributed by atoms with E-state index in [1.807, 2.05) is 11.8 Å². The second kappa shape index (κ2) is 10.3. The molecule has 0 spiro atoms. The maximum atomic E-state index is 12.3. The van der Waals surface area contributed by atoms with Crippen molar-refractivity contribution in [1.82, 2.24) is 9.62 Å². The summed E-state index contributed by atoms with van der Waals surface area (Å²) in [5, 5.41) is 12.5. The number of benzene rings is 1. The quantitative estimate of drug-likeness (QED) is 0.354. The van der Waals surface area contributed by atoms with E-state index >= 15 is 0 Å². The highest BCUT2D eigenvalue weighted by Crippen LogP contribution is 2.40. The number of hydrogen-bond acceptors (Lipinski definition) is 4. The van der Waals surface area contributed by atoms with Gasteiger partial charge in [-0.25, -0.2) is 22.6 Å². The van der Waals surface area contributed by atoms with Gasteiger partial charge in [-0.3, -0.25) is 0 Å². The van der Waals surface area contributed by atoms with Crippen LogP contribution in [0.1, 0.15) is 12.5 Å². The van der Waals surface area contributed by atoms with Crippen molar-refractivity contribution in [3.8, 4) is 0 Å². The number of hydrogen-bond donors (Lipinski definition) is 2. The van der Waals surface area contributed by atoms with E-state index in [2.05, 4.69) is 22.5 Å². The molecule has 1 aromatic rings. The number of rotatable bonds is 8. The monoisotopic (exact) mass is 509 g/mol. The molecule has 0 aromatic heterocycles. The summed E-state index contributed by atoms with van der Waals surface area (Å²) in [7, 11) is -2.42. The van der Waals surface area contributed by atoms with Crippen LogP contribution in [0.2, 0.25) is 5.02 Å². The van der Waals surface area contributed by atoms with Crippen LogP contribution in [-0.2, 0) is 15.7 Å². The zero-order chi connectivity index (χ0) is 20.2. The van der Waals surface area contributed by atoms with Crippen LogP contribution in [0.5, 0.6) is 0 Å². The molecule has 1 saturated heterocycles. The predicted octanol–water partition coefficient (Wildman–Crippen LogP) is -0.794. The van der Waals surface area contributed by atoms with Gasteiger partial charge < -0.3 is 22.1 Å². The molecule has 0 saturated carbocycles. The number of amidine groups is 1. The van der Waals surface area contributed by atoms with Crippen molar-refractivity contribution in [3.63, 3.8) is 0 Å². The van der Waals surface area contributed by atoms with E-state index in [4.69, 9.17) is 11.6 Å². The molecule has 10 heteroatoms. The lowest BCUT2D eigenvalue weighted by atomic mass is 10.0. The molecule has 0 amide bonds. The summed E-state index contributed by atoms with van der Waals surface area (Å²) in [5.74, 6) is 0.363. The summed E-state index contributed by atoms with van der Waals surface area (Å²) in [6.45, 7) is 11.3. The molecule has 0 radical (unpaired) electrons. The van der Waals surface area contributed by atoms with Crippen LogP contribution < -0.4 is 21.7 Å². The zero-order valence-electron chi connectivity index (χ0n) is 15.9. The molecule has 2 N–H and O–H groups in total. The van der Waals surface area contributed by atoms with Crippen molar-refractivity contribution >= 4 is 38.6 Å². The first-order valence-electron chi connectivity index (χ1n) is 8.45. The number of halogens is 2. The number of aliphatic hydroxyl groups is 1. The first-order chi connectivity index (χ1) is 12.7. The fourth-order valence-electron chi connectivity index (χ4n) is 2.99. The molecule has 1 atom stereocenters. The van der Waals surface area contributed by atoms with Gasteiger partial charge in [-0.2, -0.15) is 0 Å². The van der Waals surface area contributed by atoms with Crippen LogP contribution in [-0.4, -0.2) is 60.6 Å². The molecule has 2 rings (SSSR count). The second-order valence-electron chi connectivity index (χ2n) is 5.97. The summed E-state index contributed by atoms with van der Waals surface area (Å²) in [5.41, 5.74) is -0.875. The van der Waals surface area contributed by atoms with Crippen LogP contribution in [0.15, 0.2) is 48.4 Å². The van der Waals surface area contributed by atoms with Crippen LogP contribution in [0.3, 0.4) is 0 Å². The molecule has 1 heterocycles. The Morgan fingerprint density at radius 1 is 1.39 bits per heavy atom. The molecule has 6 nitrogen and oxygen atoms in total. The van der Waals surface area contributed by atoms with Crippen molar-refractivity contribution in [3.05, 3.63) is 54.1 Å². The van der Waals surface area contributed by atoms with Crippen LogP contribution in [0.25, 0.3) is 0 Å². The number of sulfonamides is 1. The third-order valence-electron chi connectivity index (χ3n) is 4.32.